The molecule has 6 heteroatoms. The zero-order valence-corrected chi connectivity index (χ0v) is 13.0. The van der Waals surface area contributed by atoms with Crippen molar-refractivity contribution >= 4 is 34.5 Å². The van der Waals surface area contributed by atoms with E-state index in [-0.39, 0.29) is 17.4 Å². The summed E-state index contributed by atoms with van der Waals surface area (Å²) >= 11 is 1.43. The van der Waals surface area contributed by atoms with Gasteiger partial charge in [-0.05, 0) is 24.3 Å². The zero-order valence-electron chi connectivity index (χ0n) is 12.2. The number of carbonyl (C=O) groups is 2. The van der Waals surface area contributed by atoms with E-state index < -0.39 is 5.91 Å². The minimum Gasteiger partial charge on any atom is -0.364 e. The van der Waals surface area contributed by atoms with Crippen LogP contribution < -0.4 is 11.2 Å². The van der Waals surface area contributed by atoms with Gasteiger partial charge in [0.2, 0.25) is 5.91 Å². The fourth-order valence-corrected chi connectivity index (χ4v) is 2.99. The van der Waals surface area contributed by atoms with Crippen molar-refractivity contribution in [2.75, 3.05) is 11.2 Å². The lowest BCUT2D eigenvalue weighted by Crippen LogP contribution is -2.29. The highest BCUT2D eigenvalue weighted by Crippen LogP contribution is 2.19. The second kappa shape index (κ2) is 6.58. The van der Waals surface area contributed by atoms with Crippen molar-refractivity contribution in [1.82, 2.24) is 4.68 Å². The Hall–Kier alpha value is -2.73. The van der Waals surface area contributed by atoms with Gasteiger partial charge >= 0.3 is 0 Å². The van der Waals surface area contributed by atoms with Crippen LogP contribution in [0.4, 0.5) is 0 Å². The molecule has 0 spiro atoms. The van der Waals surface area contributed by atoms with Gasteiger partial charge < -0.3 is 5.73 Å². The van der Waals surface area contributed by atoms with Crippen LogP contribution in [0.15, 0.2) is 65.6 Å². The average Bonchev–Trinajstić information content (AvgIpc) is 2.93. The highest BCUT2D eigenvalue weighted by atomic mass is 32.2. The Kier molecular flexibility index (Phi) is 4.34. The van der Waals surface area contributed by atoms with Gasteiger partial charge in [0, 0.05) is 10.3 Å². The molecule has 3 rings (SSSR count). The molecule has 0 aliphatic rings. The standard InChI is InChI=1S/C17H15N3O2S/c18-17(22)15-10-12-6-4-5-9-14(12)20(15)19-16(21)11-23-13-7-2-1-3-8-13/h1-10H,11H2,(H2,18,22)(H,19,21). The predicted molar refractivity (Wildman–Crippen MR) is 92.0 cm³/mol. The molecule has 0 aliphatic carbocycles. The van der Waals surface area contributed by atoms with Crippen molar-refractivity contribution in [3.05, 3.63) is 66.4 Å². The summed E-state index contributed by atoms with van der Waals surface area (Å²) in [6.45, 7) is 0. The van der Waals surface area contributed by atoms with Gasteiger partial charge in [0.15, 0.2) is 0 Å². The molecule has 0 radical (unpaired) electrons. The Balaban J connectivity index is 1.79. The van der Waals surface area contributed by atoms with Gasteiger partial charge in [-0.25, -0.2) is 4.68 Å². The molecule has 0 saturated heterocycles. The Morgan fingerprint density at radius 3 is 2.48 bits per heavy atom. The number of nitrogens with two attached hydrogens (primary N) is 1. The summed E-state index contributed by atoms with van der Waals surface area (Å²) in [5.74, 6) is -0.547. The summed E-state index contributed by atoms with van der Waals surface area (Å²) in [6.07, 6.45) is 0. The second-order valence-corrected chi connectivity index (χ2v) is 5.97. The van der Waals surface area contributed by atoms with E-state index in [0.29, 0.717) is 0 Å². The maximum atomic E-state index is 12.2. The van der Waals surface area contributed by atoms with Crippen LogP contribution in [-0.4, -0.2) is 22.2 Å². The number of benzene rings is 2. The monoisotopic (exact) mass is 325 g/mol. The summed E-state index contributed by atoms with van der Waals surface area (Å²) in [5, 5.41) is 0.845. The van der Waals surface area contributed by atoms with Gasteiger partial charge in [0.05, 0.1) is 11.3 Å². The second-order valence-electron chi connectivity index (χ2n) is 4.92. The summed E-state index contributed by atoms with van der Waals surface area (Å²) in [5.41, 5.74) is 9.13. The van der Waals surface area contributed by atoms with E-state index in [0.717, 1.165) is 15.8 Å². The highest BCUT2D eigenvalue weighted by Gasteiger charge is 2.15. The first kappa shape index (κ1) is 15.2. The maximum absolute atomic E-state index is 12.2. The third-order valence-corrected chi connectivity index (χ3v) is 4.32. The number of hydrogen-bond acceptors (Lipinski definition) is 3. The number of fused-ring (bicyclic) bond motifs is 1. The number of thioether (sulfide) groups is 1. The van der Waals surface area contributed by atoms with E-state index >= 15 is 0 Å². The minimum absolute atomic E-state index is 0.206. The molecule has 0 bridgehead atoms. The number of carbonyl (C=O) groups excluding carboxylic acids is 2. The van der Waals surface area contributed by atoms with Crippen LogP contribution in [-0.2, 0) is 4.79 Å². The topological polar surface area (TPSA) is 77.1 Å². The van der Waals surface area contributed by atoms with E-state index in [2.05, 4.69) is 5.43 Å². The van der Waals surface area contributed by atoms with E-state index in [1.54, 1.807) is 6.07 Å². The molecule has 1 aromatic heterocycles. The first-order valence-electron chi connectivity index (χ1n) is 7.03. The van der Waals surface area contributed by atoms with Crippen molar-refractivity contribution in [2.45, 2.75) is 4.90 Å². The van der Waals surface area contributed by atoms with Crippen molar-refractivity contribution in [3.63, 3.8) is 0 Å². The molecule has 0 saturated carbocycles. The largest absolute Gasteiger partial charge is 0.364 e. The molecule has 3 N–H and O–H groups in total. The molecule has 0 fully saturated rings. The molecule has 0 aliphatic heterocycles. The van der Waals surface area contributed by atoms with E-state index in [4.69, 9.17) is 5.73 Å². The molecular formula is C17H15N3O2S. The first-order valence-corrected chi connectivity index (χ1v) is 8.02. The van der Waals surface area contributed by atoms with Crippen molar-refractivity contribution in [3.8, 4) is 0 Å². The third-order valence-electron chi connectivity index (χ3n) is 3.31. The summed E-state index contributed by atoms with van der Waals surface area (Å²) in [7, 11) is 0. The van der Waals surface area contributed by atoms with E-state index in [9.17, 15) is 9.59 Å². The van der Waals surface area contributed by atoms with Crippen LogP contribution >= 0.6 is 11.8 Å². The SMILES string of the molecule is NC(=O)c1cc2ccccc2n1NC(=O)CSc1ccccc1. The Morgan fingerprint density at radius 2 is 1.74 bits per heavy atom. The fraction of sp³-hybridized carbons (Fsp3) is 0.0588. The van der Waals surface area contributed by atoms with Crippen molar-refractivity contribution in [1.29, 1.82) is 0 Å². The average molecular weight is 325 g/mol. The quantitative estimate of drug-likeness (QED) is 0.708. The number of nitrogens with zero attached hydrogens (tertiary/aromatic N) is 1. The number of para-hydroxylation sites is 1. The highest BCUT2D eigenvalue weighted by molar-refractivity contribution is 8.00. The zero-order chi connectivity index (χ0) is 16.2. The summed E-state index contributed by atoms with van der Waals surface area (Å²) in [6, 6.07) is 18.7. The number of aromatic nitrogens is 1. The molecule has 0 atom stereocenters. The number of amides is 2. The lowest BCUT2D eigenvalue weighted by atomic mass is 10.2. The van der Waals surface area contributed by atoms with Gasteiger partial charge in [-0.3, -0.25) is 15.0 Å². The Morgan fingerprint density at radius 1 is 1.04 bits per heavy atom. The number of primary amides is 1. The van der Waals surface area contributed by atoms with Gasteiger partial charge in [-0.15, -0.1) is 11.8 Å². The fourth-order valence-electron chi connectivity index (χ4n) is 2.28. The van der Waals surface area contributed by atoms with Crippen LogP contribution in [0.2, 0.25) is 0 Å². The van der Waals surface area contributed by atoms with Crippen LogP contribution in [0.1, 0.15) is 10.5 Å². The van der Waals surface area contributed by atoms with Gasteiger partial charge in [-0.1, -0.05) is 36.4 Å². The number of nitrogens with one attached hydrogen (secondary N) is 1. The lowest BCUT2D eigenvalue weighted by Gasteiger charge is -2.10. The maximum Gasteiger partial charge on any atom is 0.267 e. The molecule has 23 heavy (non-hydrogen) atoms. The molecule has 5 nitrogen and oxygen atoms in total. The number of rotatable bonds is 5. The van der Waals surface area contributed by atoms with Crippen LogP contribution in [0.3, 0.4) is 0 Å². The molecule has 1 heterocycles. The van der Waals surface area contributed by atoms with E-state index in [1.165, 1.54) is 16.4 Å². The minimum atomic E-state index is -0.586. The van der Waals surface area contributed by atoms with Gasteiger partial charge in [-0.2, -0.15) is 0 Å². The van der Waals surface area contributed by atoms with Crippen LogP contribution in [0, 0.1) is 0 Å². The molecule has 3 aromatic rings. The Bertz CT molecular complexity index is 859. The van der Waals surface area contributed by atoms with Crippen molar-refractivity contribution in [2.24, 2.45) is 5.73 Å². The molecule has 0 unspecified atom stereocenters. The van der Waals surface area contributed by atoms with Crippen LogP contribution in [0.5, 0.6) is 0 Å². The van der Waals surface area contributed by atoms with Gasteiger partial charge in [0.1, 0.15) is 5.69 Å². The van der Waals surface area contributed by atoms with Gasteiger partial charge in [0.25, 0.3) is 5.91 Å². The smallest absolute Gasteiger partial charge is 0.267 e. The predicted octanol–water partition coefficient (Wildman–Crippen LogP) is 2.60. The molecular weight excluding hydrogens is 310 g/mol. The molecule has 116 valence electrons. The molecule has 2 aromatic carbocycles. The third kappa shape index (κ3) is 3.37. The lowest BCUT2D eigenvalue weighted by molar-refractivity contribution is -0.114. The van der Waals surface area contributed by atoms with Crippen molar-refractivity contribution < 1.29 is 9.59 Å². The summed E-state index contributed by atoms with van der Waals surface area (Å²) < 4.78 is 1.45. The normalized spacial score (nSPS) is 10.6. The summed E-state index contributed by atoms with van der Waals surface area (Å²) in [4.78, 5) is 24.8. The van der Waals surface area contributed by atoms with Crippen LogP contribution in [0.25, 0.3) is 10.9 Å². The van der Waals surface area contributed by atoms with E-state index in [1.807, 2.05) is 54.6 Å². The number of hydrogen-bond donors (Lipinski definition) is 2. The first-order chi connectivity index (χ1) is 11.1. The molecule has 2 amide bonds. The Labute approximate surface area is 137 Å².